The van der Waals surface area contributed by atoms with E-state index in [4.69, 9.17) is 4.74 Å². The molecule has 2 amide bonds. The highest BCUT2D eigenvalue weighted by molar-refractivity contribution is 5.98. The molecule has 4 aliphatic rings. The predicted octanol–water partition coefficient (Wildman–Crippen LogP) is 2.32. The van der Waals surface area contributed by atoms with Crippen LogP contribution in [-0.2, 0) is 14.3 Å². The van der Waals surface area contributed by atoms with Gasteiger partial charge in [0.1, 0.15) is 12.6 Å². The molecule has 36 heavy (non-hydrogen) atoms. The molecule has 4 fully saturated rings. The topological polar surface area (TPSA) is 82.2 Å². The third kappa shape index (κ3) is 5.16. The van der Waals surface area contributed by atoms with Gasteiger partial charge in [-0.1, -0.05) is 19.8 Å². The molecule has 0 bridgehead atoms. The Morgan fingerprint density at radius 2 is 1.78 bits per heavy atom. The standard InChI is InChI=1S/C28H40N4O4/c1-3-19-17-32(24-16-23(33)18-36-26(19)24)28(35)25(20-6-4-5-7-20)29-27(34)21-8-10-22(11-9-21)31-14-12-30(2)13-15-31/h8-11,19-20,24-26H,3-7,12-18H2,1-2H3,(H,29,34)/t19-,24+,25-,26+/m0/s1. The Morgan fingerprint density at radius 3 is 2.44 bits per heavy atom. The summed E-state index contributed by atoms with van der Waals surface area (Å²) in [6.07, 6.45) is 5.20. The number of ether oxygens (including phenoxy) is 1. The largest absolute Gasteiger partial charge is 0.369 e. The SMILES string of the molecule is CC[C@H]1CN(C(=O)[C@@H](NC(=O)c2ccc(N3CCN(C)CC3)cc2)C2CCCC2)[C@@H]2CC(=O)CO[C@H]12. The maximum atomic E-state index is 13.9. The molecule has 1 aliphatic carbocycles. The number of likely N-dealkylation sites (N-methyl/N-ethyl adjacent to an activating group) is 1. The highest BCUT2D eigenvalue weighted by Crippen LogP contribution is 2.36. The van der Waals surface area contributed by atoms with E-state index < -0.39 is 6.04 Å². The number of nitrogens with one attached hydrogen (secondary N) is 1. The van der Waals surface area contributed by atoms with Crippen LogP contribution in [0, 0.1) is 11.8 Å². The van der Waals surface area contributed by atoms with Crippen molar-refractivity contribution in [3.63, 3.8) is 0 Å². The van der Waals surface area contributed by atoms with Crippen LogP contribution < -0.4 is 10.2 Å². The minimum atomic E-state index is -0.564. The number of ketones is 1. The minimum absolute atomic E-state index is 0.0476. The first-order valence-corrected chi connectivity index (χ1v) is 13.7. The van der Waals surface area contributed by atoms with Gasteiger partial charge in [-0.05, 0) is 56.5 Å². The Labute approximate surface area is 214 Å². The summed E-state index contributed by atoms with van der Waals surface area (Å²) in [6.45, 7) is 6.86. The van der Waals surface area contributed by atoms with Crippen molar-refractivity contribution in [3.05, 3.63) is 29.8 Å². The van der Waals surface area contributed by atoms with E-state index in [2.05, 4.69) is 29.1 Å². The number of rotatable bonds is 6. The molecule has 3 saturated heterocycles. The van der Waals surface area contributed by atoms with Crippen molar-refractivity contribution >= 4 is 23.3 Å². The smallest absolute Gasteiger partial charge is 0.251 e. The average Bonchev–Trinajstić information content (AvgIpc) is 3.55. The molecule has 1 aromatic carbocycles. The number of anilines is 1. The van der Waals surface area contributed by atoms with Gasteiger partial charge in [-0.15, -0.1) is 0 Å². The third-order valence-corrected chi connectivity index (χ3v) is 8.78. The zero-order valence-electron chi connectivity index (χ0n) is 21.7. The monoisotopic (exact) mass is 496 g/mol. The van der Waals surface area contributed by atoms with Crippen molar-refractivity contribution in [2.75, 3.05) is 51.3 Å². The molecule has 0 aromatic heterocycles. The predicted molar refractivity (Wildman–Crippen MR) is 138 cm³/mol. The van der Waals surface area contributed by atoms with Gasteiger partial charge in [-0.2, -0.15) is 0 Å². The number of carbonyl (C=O) groups is 3. The lowest BCUT2D eigenvalue weighted by Gasteiger charge is -2.35. The van der Waals surface area contributed by atoms with E-state index in [1.165, 1.54) is 0 Å². The Morgan fingerprint density at radius 1 is 1.08 bits per heavy atom. The first-order valence-electron chi connectivity index (χ1n) is 13.7. The van der Waals surface area contributed by atoms with Crippen LogP contribution in [0.2, 0.25) is 0 Å². The van der Waals surface area contributed by atoms with Gasteiger partial charge in [0, 0.05) is 56.3 Å². The van der Waals surface area contributed by atoms with E-state index in [0.29, 0.717) is 18.5 Å². The lowest BCUT2D eigenvalue weighted by atomic mass is 9.93. The Bertz CT molecular complexity index is 953. The summed E-state index contributed by atoms with van der Waals surface area (Å²) in [7, 11) is 2.14. The zero-order chi connectivity index (χ0) is 25.2. The lowest BCUT2D eigenvalue weighted by Crippen LogP contribution is -2.55. The molecule has 3 aliphatic heterocycles. The van der Waals surface area contributed by atoms with Crippen molar-refractivity contribution in [3.8, 4) is 0 Å². The maximum absolute atomic E-state index is 13.9. The molecule has 0 radical (unpaired) electrons. The van der Waals surface area contributed by atoms with Gasteiger partial charge in [0.25, 0.3) is 5.91 Å². The van der Waals surface area contributed by atoms with E-state index in [9.17, 15) is 14.4 Å². The normalized spacial score (nSPS) is 28.3. The molecule has 0 spiro atoms. The van der Waals surface area contributed by atoms with Gasteiger partial charge >= 0.3 is 0 Å². The minimum Gasteiger partial charge on any atom is -0.369 e. The first-order chi connectivity index (χ1) is 17.4. The molecule has 5 rings (SSSR count). The fraction of sp³-hybridized carbons (Fsp3) is 0.679. The molecule has 196 valence electrons. The summed E-state index contributed by atoms with van der Waals surface area (Å²) in [4.78, 5) is 46.0. The molecule has 3 heterocycles. The second-order valence-corrected chi connectivity index (χ2v) is 11.1. The van der Waals surface area contributed by atoms with Crippen molar-refractivity contribution < 1.29 is 19.1 Å². The fourth-order valence-electron chi connectivity index (χ4n) is 6.52. The molecule has 1 aromatic rings. The molecular formula is C28H40N4O4. The molecular weight excluding hydrogens is 456 g/mol. The van der Waals surface area contributed by atoms with E-state index in [0.717, 1.165) is 64.0 Å². The van der Waals surface area contributed by atoms with Crippen LogP contribution in [0.15, 0.2) is 24.3 Å². The van der Waals surface area contributed by atoms with E-state index in [-0.39, 0.29) is 48.2 Å². The highest BCUT2D eigenvalue weighted by Gasteiger charge is 2.49. The molecule has 1 saturated carbocycles. The summed E-state index contributed by atoms with van der Waals surface area (Å²) in [5, 5.41) is 3.12. The molecule has 1 N–H and O–H groups in total. The Balaban J connectivity index is 1.30. The van der Waals surface area contributed by atoms with Crippen LogP contribution in [0.5, 0.6) is 0 Å². The summed E-state index contributed by atoms with van der Waals surface area (Å²) in [5.74, 6) is 0.157. The van der Waals surface area contributed by atoms with Gasteiger partial charge in [0.15, 0.2) is 5.78 Å². The second-order valence-electron chi connectivity index (χ2n) is 11.1. The Hall–Kier alpha value is -2.45. The molecule has 4 atom stereocenters. The number of carbonyl (C=O) groups excluding carboxylic acids is 3. The van der Waals surface area contributed by atoms with Crippen molar-refractivity contribution in [2.45, 2.75) is 63.6 Å². The number of hydrogen-bond donors (Lipinski definition) is 1. The summed E-state index contributed by atoms with van der Waals surface area (Å²) < 4.78 is 5.88. The van der Waals surface area contributed by atoms with Crippen LogP contribution in [0.1, 0.15) is 55.8 Å². The number of benzene rings is 1. The van der Waals surface area contributed by atoms with Gasteiger partial charge in [0.05, 0.1) is 12.1 Å². The summed E-state index contributed by atoms with van der Waals surface area (Å²) in [5.41, 5.74) is 1.70. The number of amides is 2. The van der Waals surface area contributed by atoms with E-state index in [1.54, 1.807) is 0 Å². The maximum Gasteiger partial charge on any atom is 0.251 e. The summed E-state index contributed by atoms with van der Waals surface area (Å²) >= 11 is 0. The van der Waals surface area contributed by atoms with Crippen LogP contribution in [0.3, 0.4) is 0 Å². The number of hydrogen-bond acceptors (Lipinski definition) is 6. The van der Waals surface area contributed by atoms with Gasteiger partial charge < -0.3 is 24.8 Å². The quantitative estimate of drug-likeness (QED) is 0.651. The lowest BCUT2D eigenvalue weighted by molar-refractivity contribution is -0.143. The molecule has 8 heteroatoms. The third-order valence-electron chi connectivity index (χ3n) is 8.78. The molecule has 0 unspecified atom stereocenters. The van der Waals surface area contributed by atoms with Crippen molar-refractivity contribution in [2.24, 2.45) is 11.8 Å². The zero-order valence-corrected chi connectivity index (χ0v) is 21.7. The van der Waals surface area contributed by atoms with Gasteiger partial charge in [0.2, 0.25) is 5.91 Å². The van der Waals surface area contributed by atoms with Crippen molar-refractivity contribution in [1.82, 2.24) is 15.1 Å². The van der Waals surface area contributed by atoms with E-state index >= 15 is 0 Å². The highest BCUT2D eigenvalue weighted by atomic mass is 16.5. The first kappa shape index (κ1) is 25.2. The van der Waals surface area contributed by atoms with Crippen LogP contribution in [0.25, 0.3) is 0 Å². The van der Waals surface area contributed by atoms with Gasteiger partial charge in [-0.3, -0.25) is 14.4 Å². The van der Waals surface area contributed by atoms with Gasteiger partial charge in [-0.25, -0.2) is 0 Å². The number of Topliss-reactive ketones (excluding diaryl/α,β-unsaturated/α-hetero) is 1. The van der Waals surface area contributed by atoms with Crippen LogP contribution in [-0.4, -0.2) is 92.0 Å². The number of piperazine rings is 1. The van der Waals surface area contributed by atoms with Crippen LogP contribution >= 0.6 is 0 Å². The fourth-order valence-corrected chi connectivity index (χ4v) is 6.52. The molecule has 8 nitrogen and oxygen atoms in total. The summed E-state index contributed by atoms with van der Waals surface area (Å²) in [6, 6.07) is 6.97. The van der Waals surface area contributed by atoms with E-state index in [1.807, 2.05) is 29.2 Å². The average molecular weight is 497 g/mol. The van der Waals surface area contributed by atoms with Crippen LogP contribution in [0.4, 0.5) is 5.69 Å². The second kappa shape index (κ2) is 10.9. The number of likely N-dealkylation sites (tertiary alicyclic amines) is 1. The number of nitrogens with zero attached hydrogens (tertiary/aromatic N) is 3. The Kier molecular flexibility index (Phi) is 7.62. The van der Waals surface area contributed by atoms with Crippen molar-refractivity contribution in [1.29, 1.82) is 0 Å². The number of fused-ring (bicyclic) bond motifs is 1.